The van der Waals surface area contributed by atoms with Crippen molar-refractivity contribution < 1.29 is 19.1 Å². The zero-order chi connectivity index (χ0) is 20.8. The van der Waals surface area contributed by atoms with Gasteiger partial charge in [-0.1, -0.05) is 24.3 Å². The van der Waals surface area contributed by atoms with E-state index in [9.17, 15) is 14.4 Å². The second-order valence-corrected chi connectivity index (χ2v) is 6.40. The highest BCUT2D eigenvalue weighted by Crippen LogP contribution is 2.20. The average Bonchev–Trinajstić information content (AvgIpc) is 3.16. The Hall–Kier alpha value is -3.65. The van der Waals surface area contributed by atoms with Crippen molar-refractivity contribution in [2.45, 2.75) is 13.2 Å². The van der Waals surface area contributed by atoms with Gasteiger partial charge in [0.05, 0.1) is 6.61 Å². The molecule has 29 heavy (non-hydrogen) atoms. The molecular weight excluding hydrogens is 372 g/mol. The summed E-state index contributed by atoms with van der Waals surface area (Å²) in [5.74, 6) is -1.74. The quantitative estimate of drug-likeness (QED) is 0.479. The summed E-state index contributed by atoms with van der Waals surface area (Å²) in [6.45, 7) is 0.644. The lowest BCUT2D eigenvalue weighted by Crippen LogP contribution is -2.35. The topological polar surface area (TPSA) is 112 Å². The van der Waals surface area contributed by atoms with E-state index >= 15 is 0 Å². The summed E-state index contributed by atoms with van der Waals surface area (Å²) in [5, 5.41) is 8.48. The molecule has 0 aliphatic heterocycles. The molecule has 0 radical (unpaired) electrons. The van der Waals surface area contributed by atoms with Crippen LogP contribution in [0.25, 0.3) is 10.9 Å². The Bertz CT molecular complexity index is 1060. The van der Waals surface area contributed by atoms with Gasteiger partial charge in [-0.2, -0.15) is 0 Å². The van der Waals surface area contributed by atoms with Crippen molar-refractivity contribution in [3.63, 3.8) is 0 Å². The molecule has 0 aliphatic carbocycles. The highest BCUT2D eigenvalue weighted by molar-refractivity contribution is 6.39. The number of aromatic nitrogens is 1. The molecule has 0 bridgehead atoms. The molecular formula is C21H22N4O4. The Kier molecular flexibility index (Phi) is 6.25. The van der Waals surface area contributed by atoms with Gasteiger partial charge in [0, 0.05) is 37.3 Å². The fourth-order valence-electron chi connectivity index (χ4n) is 2.94. The Morgan fingerprint density at radius 1 is 1.00 bits per heavy atom. The monoisotopic (exact) mass is 394 g/mol. The van der Waals surface area contributed by atoms with E-state index in [4.69, 9.17) is 4.74 Å². The van der Waals surface area contributed by atoms with Crippen LogP contribution in [0.3, 0.4) is 0 Å². The summed E-state index contributed by atoms with van der Waals surface area (Å²) < 4.78 is 5.14. The number of rotatable bonds is 6. The van der Waals surface area contributed by atoms with E-state index < -0.39 is 11.8 Å². The van der Waals surface area contributed by atoms with Gasteiger partial charge in [0.15, 0.2) is 0 Å². The van der Waals surface area contributed by atoms with Gasteiger partial charge in [0.1, 0.15) is 5.69 Å². The standard InChI is InChI=1S/C21H22N4O4/c1-22-19(26)18-10-15-9-16(7-8-17(15)25-18)24-21(28)20(27)23-11-13-5-3-4-6-14(13)12-29-2/h3-10,25H,11-12H2,1-2H3,(H,22,26)(H,23,27)(H,24,28). The number of carbonyl (C=O) groups is 3. The minimum Gasteiger partial charge on any atom is -0.380 e. The molecule has 0 atom stereocenters. The van der Waals surface area contributed by atoms with Gasteiger partial charge in [-0.15, -0.1) is 0 Å². The summed E-state index contributed by atoms with van der Waals surface area (Å²) in [6.07, 6.45) is 0. The van der Waals surface area contributed by atoms with Crippen LogP contribution >= 0.6 is 0 Å². The minimum absolute atomic E-state index is 0.220. The Morgan fingerprint density at radius 2 is 1.76 bits per heavy atom. The summed E-state index contributed by atoms with van der Waals surface area (Å²) >= 11 is 0. The maximum atomic E-state index is 12.2. The fourth-order valence-corrected chi connectivity index (χ4v) is 2.94. The largest absolute Gasteiger partial charge is 0.380 e. The number of ether oxygens (including phenoxy) is 1. The lowest BCUT2D eigenvalue weighted by atomic mass is 10.1. The van der Waals surface area contributed by atoms with Crippen molar-refractivity contribution in [3.8, 4) is 0 Å². The van der Waals surface area contributed by atoms with Crippen molar-refractivity contribution in [3.05, 3.63) is 65.4 Å². The highest BCUT2D eigenvalue weighted by Gasteiger charge is 2.15. The van der Waals surface area contributed by atoms with Gasteiger partial charge in [0.2, 0.25) is 0 Å². The number of fused-ring (bicyclic) bond motifs is 1. The van der Waals surface area contributed by atoms with E-state index in [0.717, 1.165) is 22.0 Å². The zero-order valence-electron chi connectivity index (χ0n) is 16.2. The first kappa shape index (κ1) is 20.1. The van der Waals surface area contributed by atoms with Crippen molar-refractivity contribution >= 4 is 34.3 Å². The normalized spacial score (nSPS) is 10.6. The third-order valence-electron chi connectivity index (χ3n) is 4.41. The van der Waals surface area contributed by atoms with Crippen molar-refractivity contribution in [1.82, 2.24) is 15.6 Å². The highest BCUT2D eigenvalue weighted by atomic mass is 16.5. The van der Waals surface area contributed by atoms with Crippen LogP contribution in [0.4, 0.5) is 5.69 Å². The van der Waals surface area contributed by atoms with Crippen LogP contribution in [0.15, 0.2) is 48.5 Å². The average molecular weight is 394 g/mol. The maximum absolute atomic E-state index is 12.2. The van der Waals surface area contributed by atoms with Crippen LogP contribution in [0.5, 0.6) is 0 Å². The number of H-pyrrole nitrogens is 1. The number of anilines is 1. The molecule has 1 heterocycles. The number of hydrogen-bond acceptors (Lipinski definition) is 4. The Labute approximate surface area is 167 Å². The Balaban J connectivity index is 1.63. The predicted octanol–water partition coefficient (Wildman–Crippen LogP) is 1.93. The van der Waals surface area contributed by atoms with E-state index in [1.165, 1.54) is 0 Å². The van der Waals surface area contributed by atoms with Crippen molar-refractivity contribution in [2.75, 3.05) is 19.5 Å². The minimum atomic E-state index is -0.768. The number of amides is 3. The first-order chi connectivity index (χ1) is 14.0. The number of nitrogens with one attached hydrogen (secondary N) is 4. The molecule has 2 aromatic carbocycles. The third kappa shape index (κ3) is 4.80. The molecule has 0 unspecified atom stereocenters. The number of benzene rings is 2. The van der Waals surface area contributed by atoms with Crippen LogP contribution < -0.4 is 16.0 Å². The van der Waals surface area contributed by atoms with Gasteiger partial charge >= 0.3 is 11.8 Å². The molecule has 3 aromatic rings. The second-order valence-electron chi connectivity index (χ2n) is 6.40. The SMILES string of the molecule is CNC(=O)c1cc2cc(NC(=O)C(=O)NCc3ccccc3COC)ccc2[nH]1. The fraction of sp³-hybridized carbons (Fsp3) is 0.190. The molecule has 0 fully saturated rings. The van der Waals surface area contributed by atoms with E-state index in [2.05, 4.69) is 20.9 Å². The van der Waals surface area contributed by atoms with Crippen molar-refractivity contribution in [2.24, 2.45) is 0 Å². The predicted molar refractivity (Wildman–Crippen MR) is 109 cm³/mol. The van der Waals surface area contributed by atoms with Gasteiger partial charge in [-0.3, -0.25) is 14.4 Å². The summed E-state index contributed by atoms with van der Waals surface area (Å²) in [7, 11) is 3.15. The number of carbonyl (C=O) groups excluding carboxylic acids is 3. The van der Waals surface area contributed by atoms with Crippen LogP contribution in [0.1, 0.15) is 21.6 Å². The molecule has 150 valence electrons. The van der Waals surface area contributed by atoms with Gasteiger partial charge in [0.25, 0.3) is 5.91 Å². The molecule has 1 aromatic heterocycles. The molecule has 0 aliphatic rings. The van der Waals surface area contributed by atoms with Gasteiger partial charge in [-0.05, 0) is 35.4 Å². The first-order valence-corrected chi connectivity index (χ1v) is 9.01. The lowest BCUT2D eigenvalue weighted by Gasteiger charge is -2.10. The van der Waals surface area contributed by atoms with Crippen LogP contribution in [0, 0.1) is 0 Å². The number of aromatic amines is 1. The second kappa shape index (κ2) is 9.03. The first-order valence-electron chi connectivity index (χ1n) is 9.01. The van der Waals surface area contributed by atoms with E-state index in [-0.39, 0.29) is 12.5 Å². The molecule has 0 spiro atoms. The van der Waals surface area contributed by atoms with Crippen LogP contribution in [-0.2, 0) is 27.5 Å². The van der Waals surface area contributed by atoms with Gasteiger partial charge < -0.3 is 25.7 Å². The maximum Gasteiger partial charge on any atom is 0.313 e. The molecule has 3 amide bonds. The third-order valence-corrected chi connectivity index (χ3v) is 4.41. The summed E-state index contributed by atoms with van der Waals surface area (Å²) in [6, 6.07) is 14.3. The number of hydrogen-bond donors (Lipinski definition) is 4. The lowest BCUT2D eigenvalue weighted by molar-refractivity contribution is -0.136. The van der Waals surface area contributed by atoms with Gasteiger partial charge in [-0.25, -0.2) is 0 Å². The smallest absolute Gasteiger partial charge is 0.313 e. The Morgan fingerprint density at radius 3 is 2.48 bits per heavy atom. The summed E-state index contributed by atoms with van der Waals surface area (Å²) in [4.78, 5) is 39.1. The molecule has 8 nitrogen and oxygen atoms in total. The van der Waals surface area contributed by atoms with Crippen molar-refractivity contribution in [1.29, 1.82) is 0 Å². The molecule has 8 heteroatoms. The molecule has 0 saturated heterocycles. The summed E-state index contributed by atoms with van der Waals surface area (Å²) in [5.41, 5.74) is 3.45. The molecule has 0 saturated carbocycles. The van der Waals surface area contributed by atoms with Crippen LogP contribution in [-0.4, -0.2) is 36.9 Å². The molecule has 3 rings (SSSR count). The zero-order valence-corrected chi connectivity index (χ0v) is 16.2. The van der Waals surface area contributed by atoms with E-state index in [0.29, 0.717) is 18.0 Å². The number of methoxy groups -OCH3 is 1. The van der Waals surface area contributed by atoms with E-state index in [1.54, 1.807) is 38.4 Å². The molecule has 4 N–H and O–H groups in total. The van der Waals surface area contributed by atoms with E-state index in [1.807, 2.05) is 24.3 Å². The van der Waals surface area contributed by atoms with Crippen LogP contribution in [0.2, 0.25) is 0 Å².